The molecule has 0 fully saturated rings. The first-order chi connectivity index (χ1) is 12.2. The molecule has 0 aliphatic heterocycles. The van der Waals surface area contributed by atoms with E-state index in [-0.39, 0.29) is 6.61 Å². The number of ether oxygens (including phenoxy) is 4. The summed E-state index contributed by atoms with van der Waals surface area (Å²) in [5.41, 5.74) is 0. The minimum Gasteiger partial charge on any atom is -0.492 e. The van der Waals surface area contributed by atoms with Crippen LogP contribution in [0, 0.1) is 0 Å². The van der Waals surface area contributed by atoms with E-state index in [1.165, 1.54) is 12.3 Å². The van der Waals surface area contributed by atoms with Crippen LogP contribution in [0.15, 0.2) is 50.0 Å². The first kappa shape index (κ1) is 23.4. The van der Waals surface area contributed by atoms with Gasteiger partial charge in [0.25, 0.3) is 0 Å². The van der Waals surface area contributed by atoms with Crippen LogP contribution < -0.4 is 0 Å². The van der Waals surface area contributed by atoms with E-state index >= 15 is 0 Å². The molecule has 144 valence electrons. The SMILES string of the molecule is C=COC(O)C=CC(OCCOCC)C(C=CCOOCC)OC=C. The zero-order chi connectivity index (χ0) is 18.8. The van der Waals surface area contributed by atoms with Crippen molar-refractivity contribution in [3.8, 4) is 0 Å². The van der Waals surface area contributed by atoms with Crippen molar-refractivity contribution in [1.29, 1.82) is 0 Å². The summed E-state index contributed by atoms with van der Waals surface area (Å²) in [6.45, 7) is 12.8. The highest BCUT2D eigenvalue weighted by Gasteiger charge is 2.18. The van der Waals surface area contributed by atoms with Gasteiger partial charge in [0.05, 0.1) is 32.3 Å². The first-order valence-corrected chi connectivity index (χ1v) is 8.19. The molecule has 3 atom stereocenters. The molecule has 0 spiro atoms. The lowest BCUT2D eigenvalue weighted by molar-refractivity contribution is -0.282. The highest BCUT2D eigenvalue weighted by molar-refractivity contribution is 5.04. The normalized spacial score (nSPS) is 15.2. The monoisotopic (exact) mass is 358 g/mol. The number of aliphatic hydroxyl groups is 1. The third-order valence-corrected chi connectivity index (χ3v) is 2.71. The molecule has 7 heteroatoms. The third kappa shape index (κ3) is 13.3. The van der Waals surface area contributed by atoms with E-state index in [0.29, 0.717) is 26.4 Å². The van der Waals surface area contributed by atoms with E-state index in [9.17, 15) is 5.11 Å². The Morgan fingerprint density at radius 2 is 1.64 bits per heavy atom. The number of aliphatic hydroxyl groups excluding tert-OH is 1. The van der Waals surface area contributed by atoms with Crippen molar-refractivity contribution in [3.05, 3.63) is 50.0 Å². The standard InChI is InChI=1S/C18H30O7/c1-5-20-14-15-23-17(11-12-18(19)22-7-3)16(21-6-2)10-9-13-25-24-8-4/h6-7,9-12,16-19H,2-3,5,8,13-15H2,1,4H3. The molecule has 0 aromatic carbocycles. The van der Waals surface area contributed by atoms with Crippen LogP contribution >= 0.6 is 0 Å². The van der Waals surface area contributed by atoms with Crippen LogP contribution in [-0.2, 0) is 28.7 Å². The van der Waals surface area contributed by atoms with Gasteiger partial charge in [-0.05, 0) is 32.1 Å². The Hall–Kier alpha value is -1.64. The van der Waals surface area contributed by atoms with Crippen LogP contribution in [0.4, 0.5) is 0 Å². The van der Waals surface area contributed by atoms with Gasteiger partial charge in [0.2, 0.25) is 6.29 Å². The van der Waals surface area contributed by atoms with Gasteiger partial charge in [0.15, 0.2) is 0 Å². The van der Waals surface area contributed by atoms with E-state index < -0.39 is 18.5 Å². The molecular weight excluding hydrogens is 328 g/mol. The molecule has 1 N–H and O–H groups in total. The van der Waals surface area contributed by atoms with Crippen molar-refractivity contribution in [3.63, 3.8) is 0 Å². The van der Waals surface area contributed by atoms with E-state index in [4.69, 9.17) is 28.7 Å². The lowest BCUT2D eigenvalue weighted by Crippen LogP contribution is -2.29. The summed E-state index contributed by atoms with van der Waals surface area (Å²) in [6.07, 6.45) is 6.97. The summed E-state index contributed by atoms with van der Waals surface area (Å²) >= 11 is 0. The van der Waals surface area contributed by atoms with E-state index in [2.05, 4.69) is 13.2 Å². The molecule has 0 amide bonds. The van der Waals surface area contributed by atoms with Gasteiger partial charge in [0, 0.05) is 6.61 Å². The van der Waals surface area contributed by atoms with Crippen molar-refractivity contribution in [2.45, 2.75) is 32.3 Å². The van der Waals surface area contributed by atoms with Gasteiger partial charge >= 0.3 is 0 Å². The van der Waals surface area contributed by atoms with E-state index in [1.54, 1.807) is 18.2 Å². The average Bonchev–Trinajstić information content (AvgIpc) is 2.60. The Morgan fingerprint density at radius 1 is 0.880 bits per heavy atom. The second kappa shape index (κ2) is 17.2. The van der Waals surface area contributed by atoms with Crippen LogP contribution in [-0.4, -0.2) is 56.6 Å². The third-order valence-electron chi connectivity index (χ3n) is 2.71. The maximum absolute atomic E-state index is 9.62. The topological polar surface area (TPSA) is 75.6 Å². The molecule has 0 saturated heterocycles. The molecule has 0 aromatic rings. The van der Waals surface area contributed by atoms with Crippen LogP contribution in [0.1, 0.15) is 13.8 Å². The van der Waals surface area contributed by atoms with E-state index in [1.807, 2.05) is 13.8 Å². The fourth-order valence-corrected chi connectivity index (χ4v) is 1.70. The molecule has 0 aliphatic carbocycles. The fraction of sp³-hybridized carbons (Fsp3) is 0.556. The second-order valence-corrected chi connectivity index (χ2v) is 4.50. The Labute approximate surface area is 150 Å². The van der Waals surface area contributed by atoms with Gasteiger partial charge in [0.1, 0.15) is 18.8 Å². The van der Waals surface area contributed by atoms with Gasteiger partial charge in [-0.3, -0.25) is 0 Å². The number of rotatable bonds is 17. The van der Waals surface area contributed by atoms with Gasteiger partial charge in [-0.2, -0.15) is 0 Å². The average molecular weight is 358 g/mol. The van der Waals surface area contributed by atoms with Crippen molar-refractivity contribution in [1.82, 2.24) is 0 Å². The van der Waals surface area contributed by atoms with Gasteiger partial charge in [-0.15, -0.1) is 0 Å². The van der Waals surface area contributed by atoms with Gasteiger partial charge < -0.3 is 24.1 Å². The van der Waals surface area contributed by atoms with Crippen LogP contribution in [0.2, 0.25) is 0 Å². The second-order valence-electron chi connectivity index (χ2n) is 4.50. The Kier molecular flexibility index (Phi) is 16.1. The quantitative estimate of drug-likeness (QED) is 0.107. The maximum Gasteiger partial charge on any atom is 0.216 e. The Balaban J connectivity index is 4.84. The lowest BCUT2D eigenvalue weighted by Gasteiger charge is -2.22. The van der Waals surface area contributed by atoms with Gasteiger partial charge in [-0.25, -0.2) is 9.78 Å². The predicted octanol–water partition coefficient (Wildman–Crippen LogP) is 2.50. The highest BCUT2D eigenvalue weighted by atomic mass is 17.2. The largest absolute Gasteiger partial charge is 0.492 e. The van der Waals surface area contributed by atoms with Crippen LogP contribution in [0.3, 0.4) is 0 Å². The summed E-state index contributed by atoms with van der Waals surface area (Å²) in [6, 6.07) is 0. The molecule has 0 heterocycles. The minimum absolute atomic E-state index is 0.266. The summed E-state index contributed by atoms with van der Waals surface area (Å²) in [5, 5.41) is 9.62. The zero-order valence-electron chi connectivity index (χ0n) is 15.0. The van der Waals surface area contributed by atoms with Crippen molar-refractivity contribution in [2.24, 2.45) is 0 Å². The summed E-state index contributed by atoms with van der Waals surface area (Å²) in [4.78, 5) is 9.72. The summed E-state index contributed by atoms with van der Waals surface area (Å²) < 4.78 is 21.3. The predicted molar refractivity (Wildman–Crippen MR) is 94.4 cm³/mol. The van der Waals surface area contributed by atoms with Crippen molar-refractivity contribution in [2.75, 3.05) is 33.0 Å². The zero-order valence-corrected chi connectivity index (χ0v) is 15.0. The molecule has 7 nitrogen and oxygen atoms in total. The smallest absolute Gasteiger partial charge is 0.216 e. The van der Waals surface area contributed by atoms with Crippen LogP contribution in [0.5, 0.6) is 0 Å². The Morgan fingerprint density at radius 3 is 2.28 bits per heavy atom. The van der Waals surface area contributed by atoms with E-state index in [0.717, 1.165) is 6.26 Å². The molecule has 3 unspecified atom stereocenters. The molecule has 0 radical (unpaired) electrons. The van der Waals surface area contributed by atoms with Crippen molar-refractivity contribution >= 4 is 0 Å². The molecule has 0 saturated carbocycles. The Bertz CT molecular complexity index is 382. The number of hydrogen-bond donors (Lipinski definition) is 1. The van der Waals surface area contributed by atoms with Gasteiger partial charge in [-0.1, -0.05) is 19.2 Å². The molecule has 0 aromatic heterocycles. The fourth-order valence-electron chi connectivity index (χ4n) is 1.70. The molecule has 0 bridgehead atoms. The minimum atomic E-state index is -1.12. The lowest BCUT2D eigenvalue weighted by atomic mass is 10.1. The molecule has 0 aliphatic rings. The number of hydrogen-bond acceptors (Lipinski definition) is 7. The molecule has 0 rings (SSSR count). The first-order valence-electron chi connectivity index (χ1n) is 8.19. The molecule has 25 heavy (non-hydrogen) atoms. The summed E-state index contributed by atoms with van der Waals surface area (Å²) in [5.74, 6) is 0. The maximum atomic E-state index is 9.62. The molecular formula is C18H30O7. The summed E-state index contributed by atoms with van der Waals surface area (Å²) in [7, 11) is 0. The highest BCUT2D eigenvalue weighted by Crippen LogP contribution is 2.10. The van der Waals surface area contributed by atoms with Crippen LogP contribution in [0.25, 0.3) is 0 Å². The van der Waals surface area contributed by atoms with Crippen molar-refractivity contribution < 1.29 is 33.8 Å².